The Morgan fingerprint density at radius 3 is 2.33 bits per heavy atom. The van der Waals surface area contributed by atoms with E-state index < -0.39 is 0 Å². The quantitative estimate of drug-likeness (QED) is 0.287. The Hall–Kier alpha value is -4.62. The van der Waals surface area contributed by atoms with Crippen LogP contribution in [0.15, 0.2) is 91.5 Å². The van der Waals surface area contributed by atoms with Crippen LogP contribution in [0.4, 0.5) is 5.69 Å². The van der Waals surface area contributed by atoms with Gasteiger partial charge < -0.3 is 19.1 Å². The molecular formula is C35H36N4O3. The average molecular weight is 561 g/mol. The molecule has 1 fully saturated rings. The summed E-state index contributed by atoms with van der Waals surface area (Å²) in [5, 5.41) is 0. The molecule has 0 bridgehead atoms. The second kappa shape index (κ2) is 11.7. The number of nitrogens with zero attached hydrogens (tertiary/aromatic N) is 4. The van der Waals surface area contributed by atoms with Crippen LogP contribution in [0.5, 0.6) is 5.75 Å². The van der Waals surface area contributed by atoms with Gasteiger partial charge in [0.15, 0.2) is 0 Å². The van der Waals surface area contributed by atoms with E-state index in [1.807, 2.05) is 89.5 Å². The fourth-order valence-electron chi connectivity index (χ4n) is 6.20. The van der Waals surface area contributed by atoms with Crippen LogP contribution in [0, 0.1) is 6.92 Å². The molecule has 3 aromatic carbocycles. The Kier molecular flexibility index (Phi) is 7.68. The van der Waals surface area contributed by atoms with Crippen LogP contribution in [-0.2, 0) is 13.1 Å². The molecule has 0 saturated carbocycles. The number of hydrogen-bond acceptors (Lipinski definition) is 4. The molecule has 0 atom stereocenters. The molecule has 2 amide bonds. The van der Waals surface area contributed by atoms with Gasteiger partial charge in [0, 0.05) is 44.1 Å². The maximum Gasteiger partial charge on any atom is 0.270 e. The van der Waals surface area contributed by atoms with Gasteiger partial charge in [-0.1, -0.05) is 60.7 Å². The molecule has 0 N–H and O–H groups in total. The highest BCUT2D eigenvalue weighted by Gasteiger charge is 2.31. The van der Waals surface area contributed by atoms with E-state index in [0.717, 1.165) is 53.3 Å². The summed E-state index contributed by atoms with van der Waals surface area (Å²) in [5.41, 5.74) is 6.95. The first-order valence-corrected chi connectivity index (χ1v) is 14.4. The van der Waals surface area contributed by atoms with Crippen molar-refractivity contribution in [2.45, 2.75) is 20.0 Å². The summed E-state index contributed by atoms with van der Waals surface area (Å²) in [4.78, 5) is 34.1. The smallest absolute Gasteiger partial charge is 0.270 e. The van der Waals surface area contributed by atoms with Crippen molar-refractivity contribution < 1.29 is 14.3 Å². The van der Waals surface area contributed by atoms with Crippen molar-refractivity contribution in [3.8, 4) is 16.9 Å². The summed E-state index contributed by atoms with van der Waals surface area (Å²) >= 11 is 0. The first-order valence-electron chi connectivity index (χ1n) is 14.4. The minimum atomic E-state index is -0.136. The van der Waals surface area contributed by atoms with Crippen molar-refractivity contribution in [3.63, 3.8) is 0 Å². The maximum absolute atomic E-state index is 14.3. The van der Waals surface area contributed by atoms with Crippen LogP contribution >= 0.6 is 0 Å². The molecular weight excluding hydrogens is 524 g/mol. The Morgan fingerprint density at radius 2 is 1.60 bits per heavy atom. The predicted octanol–water partition coefficient (Wildman–Crippen LogP) is 5.62. The lowest BCUT2D eigenvalue weighted by atomic mass is 9.96. The molecule has 7 heteroatoms. The van der Waals surface area contributed by atoms with E-state index in [9.17, 15) is 9.59 Å². The second-order valence-electron chi connectivity index (χ2n) is 10.9. The van der Waals surface area contributed by atoms with E-state index in [1.54, 1.807) is 7.11 Å². The minimum absolute atomic E-state index is 0.0329. The zero-order valence-electron chi connectivity index (χ0n) is 24.3. The molecule has 42 heavy (non-hydrogen) atoms. The molecule has 2 aliphatic rings. The van der Waals surface area contributed by atoms with Gasteiger partial charge >= 0.3 is 0 Å². The zero-order valence-corrected chi connectivity index (χ0v) is 24.3. The first-order chi connectivity index (χ1) is 20.5. The number of aromatic nitrogens is 1. The van der Waals surface area contributed by atoms with Gasteiger partial charge in [0.05, 0.1) is 25.8 Å². The molecule has 214 valence electrons. The second-order valence-corrected chi connectivity index (χ2v) is 10.9. The number of fused-ring (bicyclic) bond motifs is 2. The average Bonchev–Trinajstić information content (AvgIpc) is 3.34. The van der Waals surface area contributed by atoms with E-state index in [4.69, 9.17) is 4.74 Å². The number of para-hydroxylation sites is 1. The maximum atomic E-state index is 14.3. The van der Waals surface area contributed by atoms with Crippen LogP contribution < -0.4 is 9.64 Å². The number of carbonyl (C=O) groups is 2. The van der Waals surface area contributed by atoms with Gasteiger partial charge in [-0.15, -0.1) is 6.58 Å². The lowest BCUT2D eigenvalue weighted by molar-refractivity contribution is 0.0639. The number of benzene rings is 3. The molecule has 3 heterocycles. The van der Waals surface area contributed by atoms with Gasteiger partial charge in [-0.25, -0.2) is 0 Å². The molecule has 0 spiro atoms. The number of piperazine rings is 1. The third-order valence-electron chi connectivity index (χ3n) is 8.44. The fourth-order valence-corrected chi connectivity index (χ4v) is 6.20. The Morgan fingerprint density at radius 1 is 0.857 bits per heavy atom. The Bertz CT molecular complexity index is 1630. The van der Waals surface area contributed by atoms with Crippen molar-refractivity contribution in [1.29, 1.82) is 0 Å². The molecule has 0 radical (unpaired) electrons. The number of carbonyl (C=O) groups excluding carboxylic acids is 2. The van der Waals surface area contributed by atoms with Gasteiger partial charge in [0.25, 0.3) is 11.8 Å². The number of rotatable bonds is 6. The molecule has 7 nitrogen and oxygen atoms in total. The number of methoxy groups -OCH3 is 1. The van der Waals surface area contributed by atoms with Crippen molar-refractivity contribution in [2.75, 3.05) is 44.7 Å². The SMILES string of the molecule is C=CCN1CCN(C(=O)c2ccc3n2Cc2ccccc2N(C(=O)c2ccc(-c4ccccc4)c(C)c2OC)C3)CC1. The number of ether oxygens (including phenoxy) is 1. The van der Waals surface area contributed by atoms with Crippen molar-refractivity contribution in [2.24, 2.45) is 0 Å². The summed E-state index contributed by atoms with van der Waals surface area (Å²) in [6, 6.07) is 25.8. The van der Waals surface area contributed by atoms with Crippen LogP contribution in [-0.4, -0.2) is 66.0 Å². The lowest BCUT2D eigenvalue weighted by Gasteiger charge is -2.34. The number of anilines is 1. The molecule has 2 aliphatic heterocycles. The molecule has 1 saturated heterocycles. The van der Waals surface area contributed by atoms with Crippen molar-refractivity contribution >= 4 is 17.5 Å². The highest BCUT2D eigenvalue weighted by Crippen LogP contribution is 2.36. The number of hydrogen-bond donors (Lipinski definition) is 0. The van der Waals surface area contributed by atoms with Gasteiger partial charge in [-0.2, -0.15) is 0 Å². The van der Waals surface area contributed by atoms with Crippen LogP contribution in [0.25, 0.3) is 11.1 Å². The number of amides is 2. The summed E-state index contributed by atoms with van der Waals surface area (Å²) in [6.45, 7) is 10.6. The first kappa shape index (κ1) is 27.5. The van der Waals surface area contributed by atoms with E-state index in [1.165, 1.54) is 0 Å². The lowest BCUT2D eigenvalue weighted by Crippen LogP contribution is -2.49. The topological polar surface area (TPSA) is 58.0 Å². The fraction of sp³-hybridized carbons (Fsp3) is 0.257. The molecule has 1 aromatic heterocycles. The van der Waals surface area contributed by atoms with E-state index in [0.29, 0.717) is 43.2 Å². The van der Waals surface area contributed by atoms with Gasteiger partial charge in [-0.05, 0) is 53.4 Å². The summed E-state index contributed by atoms with van der Waals surface area (Å²) in [6.07, 6.45) is 1.91. The van der Waals surface area contributed by atoms with Gasteiger partial charge in [-0.3, -0.25) is 14.5 Å². The van der Waals surface area contributed by atoms with E-state index >= 15 is 0 Å². The minimum Gasteiger partial charge on any atom is -0.496 e. The molecule has 4 aromatic rings. The van der Waals surface area contributed by atoms with E-state index in [-0.39, 0.29) is 11.8 Å². The summed E-state index contributed by atoms with van der Waals surface area (Å²) in [7, 11) is 1.62. The molecule has 0 aliphatic carbocycles. The van der Waals surface area contributed by atoms with Gasteiger partial charge in [0.1, 0.15) is 11.4 Å². The largest absolute Gasteiger partial charge is 0.496 e. The van der Waals surface area contributed by atoms with Crippen LogP contribution in [0.2, 0.25) is 0 Å². The normalized spacial score (nSPS) is 15.0. The summed E-state index contributed by atoms with van der Waals surface area (Å²) < 4.78 is 7.93. The predicted molar refractivity (Wildman–Crippen MR) is 166 cm³/mol. The Balaban J connectivity index is 1.33. The standard InChI is InChI=1S/C35H36N4O3/c1-4-18-36-19-21-37(22-20-36)35(41)32-17-14-28-24-39(31-13-9-8-12-27(31)23-38(28)32)34(40)30-16-15-29(25(2)33(30)42-3)26-10-6-5-7-11-26/h4-17H,1,18-24H2,2-3H3. The van der Waals surface area contributed by atoms with E-state index in [2.05, 4.69) is 28.2 Å². The Labute approximate surface area is 247 Å². The van der Waals surface area contributed by atoms with Crippen LogP contribution in [0.3, 0.4) is 0 Å². The highest BCUT2D eigenvalue weighted by molar-refractivity contribution is 6.09. The summed E-state index contributed by atoms with van der Waals surface area (Å²) in [5.74, 6) is 0.471. The monoisotopic (exact) mass is 560 g/mol. The van der Waals surface area contributed by atoms with Gasteiger partial charge in [0.2, 0.25) is 0 Å². The molecule has 0 unspecified atom stereocenters. The zero-order chi connectivity index (χ0) is 29.2. The molecule has 6 rings (SSSR count). The van der Waals surface area contributed by atoms with Crippen LogP contribution in [0.1, 0.15) is 37.7 Å². The highest BCUT2D eigenvalue weighted by atomic mass is 16.5. The third kappa shape index (κ3) is 5.01. The van der Waals surface area contributed by atoms with Crippen molar-refractivity contribution in [3.05, 3.63) is 120 Å². The van der Waals surface area contributed by atoms with Crippen molar-refractivity contribution in [1.82, 2.24) is 14.4 Å². The third-order valence-corrected chi connectivity index (χ3v) is 8.44.